The van der Waals surface area contributed by atoms with Crippen molar-refractivity contribution in [1.29, 1.82) is 0 Å². The summed E-state index contributed by atoms with van der Waals surface area (Å²) in [6.45, 7) is 8.26. The van der Waals surface area contributed by atoms with E-state index in [-0.39, 0.29) is 4.90 Å². The van der Waals surface area contributed by atoms with Gasteiger partial charge < -0.3 is 10.6 Å². The topological polar surface area (TPSA) is 92.7 Å². The minimum atomic E-state index is -3.70. The first-order valence-corrected chi connectivity index (χ1v) is 8.82. The molecular weight excluding hydrogens is 288 g/mol. The number of benzene rings is 1. The van der Waals surface area contributed by atoms with Crippen LogP contribution in [0.1, 0.15) is 20.3 Å². The number of likely N-dealkylation sites (N-methyl/N-ethyl adjacent to an activating group) is 1. The van der Waals surface area contributed by atoms with Crippen molar-refractivity contribution >= 4 is 21.4 Å². The van der Waals surface area contributed by atoms with E-state index in [1.165, 1.54) is 12.1 Å². The molecule has 1 aliphatic heterocycles. The van der Waals surface area contributed by atoms with Crippen LogP contribution in [0.5, 0.6) is 0 Å². The van der Waals surface area contributed by atoms with Crippen LogP contribution >= 0.6 is 0 Å². The van der Waals surface area contributed by atoms with Crippen LogP contribution in [0.4, 0.5) is 11.4 Å². The standard InChI is InChI=1S/C14H24N4O2S/c1-3-17(4-2)11-7-8-18(10-11)14-6-5-12(9-13(14)15)21(16,19)20/h5-6,9,11H,3-4,7-8,10,15H2,1-2H3,(H2,16,19,20). The number of primary sulfonamides is 1. The lowest BCUT2D eigenvalue weighted by Gasteiger charge is -2.27. The summed E-state index contributed by atoms with van der Waals surface area (Å²) in [5, 5.41) is 5.12. The van der Waals surface area contributed by atoms with E-state index in [4.69, 9.17) is 10.9 Å². The van der Waals surface area contributed by atoms with E-state index in [0.717, 1.165) is 38.3 Å². The second-order valence-electron chi connectivity index (χ2n) is 5.38. The van der Waals surface area contributed by atoms with Crippen molar-refractivity contribution in [3.63, 3.8) is 0 Å². The SMILES string of the molecule is CCN(CC)C1CCN(c2ccc(S(N)(=O)=O)cc2N)C1. The predicted molar refractivity (Wildman–Crippen MR) is 85.8 cm³/mol. The summed E-state index contributed by atoms with van der Waals surface area (Å²) in [5.74, 6) is 0. The molecule has 4 N–H and O–H groups in total. The van der Waals surface area contributed by atoms with E-state index < -0.39 is 10.0 Å². The Morgan fingerprint density at radius 2 is 2.00 bits per heavy atom. The molecule has 1 aromatic rings. The van der Waals surface area contributed by atoms with Gasteiger partial charge in [-0.1, -0.05) is 13.8 Å². The van der Waals surface area contributed by atoms with Crippen molar-refractivity contribution in [2.75, 3.05) is 36.8 Å². The molecule has 1 atom stereocenters. The number of hydrogen-bond acceptors (Lipinski definition) is 5. The summed E-state index contributed by atoms with van der Waals surface area (Å²) in [6, 6.07) is 5.23. The summed E-state index contributed by atoms with van der Waals surface area (Å²) in [5.41, 5.74) is 7.36. The van der Waals surface area contributed by atoms with Crippen molar-refractivity contribution < 1.29 is 8.42 Å². The average Bonchev–Trinajstić information content (AvgIpc) is 2.88. The van der Waals surface area contributed by atoms with Gasteiger partial charge in [-0.2, -0.15) is 0 Å². The van der Waals surface area contributed by atoms with Gasteiger partial charge in [0.05, 0.1) is 16.3 Å². The maximum Gasteiger partial charge on any atom is 0.238 e. The van der Waals surface area contributed by atoms with Crippen LogP contribution in [-0.4, -0.2) is 45.5 Å². The molecule has 0 aromatic heterocycles. The van der Waals surface area contributed by atoms with Gasteiger partial charge in [0.2, 0.25) is 10.0 Å². The smallest absolute Gasteiger partial charge is 0.238 e. The Morgan fingerprint density at radius 1 is 1.33 bits per heavy atom. The molecule has 0 amide bonds. The molecule has 118 valence electrons. The fraction of sp³-hybridized carbons (Fsp3) is 0.571. The molecule has 0 aliphatic carbocycles. The minimum absolute atomic E-state index is 0.0586. The van der Waals surface area contributed by atoms with Crippen molar-refractivity contribution in [2.45, 2.75) is 31.2 Å². The van der Waals surface area contributed by atoms with Crippen LogP contribution in [0, 0.1) is 0 Å². The quantitative estimate of drug-likeness (QED) is 0.786. The van der Waals surface area contributed by atoms with Gasteiger partial charge in [-0.3, -0.25) is 4.90 Å². The molecule has 0 spiro atoms. The van der Waals surface area contributed by atoms with Gasteiger partial charge in [-0.15, -0.1) is 0 Å². The van der Waals surface area contributed by atoms with Gasteiger partial charge in [-0.25, -0.2) is 13.6 Å². The molecule has 6 nitrogen and oxygen atoms in total. The zero-order valence-corrected chi connectivity index (χ0v) is 13.4. The third-order valence-electron chi connectivity index (χ3n) is 4.16. The maximum absolute atomic E-state index is 11.3. The van der Waals surface area contributed by atoms with Crippen molar-refractivity contribution in [3.8, 4) is 0 Å². The molecule has 21 heavy (non-hydrogen) atoms. The van der Waals surface area contributed by atoms with E-state index >= 15 is 0 Å². The van der Waals surface area contributed by atoms with E-state index in [0.29, 0.717) is 11.7 Å². The van der Waals surface area contributed by atoms with Crippen LogP contribution in [-0.2, 0) is 10.0 Å². The van der Waals surface area contributed by atoms with Gasteiger partial charge in [0.15, 0.2) is 0 Å². The highest BCUT2D eigenvalue weighted by molar-refractivity contribution is 7.89. The molecule has 1 heterocycles. The average molecular weight is 312 g/mol. The Bertz CT molecular complexity index is 599. The maximum atomic E-state index is 11.3. The number of nitrogens with zero attached hydrogens (tertiary/aromatic N) is 2. The highest BCUT2D eigenvalue weighted by Crippen LogP contribution is 2.29. The molecule has 1 fully saturated rings. The Balaban J connectivity index is 2.17. The van der Waals surface area contributed by atoms with Gasteiger partial charge in [0.25, 0.3) is 0 Å². The third-order valence-corrected chi connectivity index (χ3v) is 5.07. The van der Waals surface area contributed by atoms with Crippen molar-refractivity contribution in [2.24, 2.45) is 5.14 Å². The number of anilines is 2. The summed E-state index contributed by atoms with van der Waals surface area (Å²) in [7, 11) is -3.70. The second-order valence-corrected chi connectivity index (χ2v) is 6.94. The molecule has 0 bridgehead atoms. The van der Waals surface area contributed by atoms with E-state index in [1.807, 2.05) is 0 Å². The summed E-state index contributed by atoms with van der Waals surface area (Å²) in [6.07, 6.45) is 1.10. The van der Waals surface area contributed by atoms with Gasteiger partial charge in [0.1, 0.15) is 0 Å². The lowest BCUT2D eigenvalue weighted by molar-refractivity contribution is 0.232. The van der Waals surface area contributed by atoms with Crippen LogP contribution in [0.3, 0.4) is 0 Å². The number of nitrogens with two attached hydrogens (primary N) is 2. The zero-order chi connectivity index (χ0) is 15.6. The third kappa shape index (κ3) is 3.48. The van der Waals surface area contributed by atoms with Crippen LogP contribution in [0.25, 0.3) is 0 Å². The second kappa shape index (κ2) is 6.21. The Morgan fingerprint density at radius 3 is 2.52 bits per heavy atom. The largest absolute Gasteiger partial charge is 0.397 e. The van der Waals surface area contributed by atoms with E-state index in [1.54, 1.807) is 6.07 Å². The molecule has 7 heteroatoms. The molecule has 1 aliphatic rings. The lowest BCUT2D eigenvalue weighted by atomic mass is 10.2. The highest BCUT2D eigenvalue weighted by Gasteiger charge is 2.27. The fourth-order valence-electron chi connectivity index (χ4n) is 3.00. The summed E-state index contributed by atoms with van der Waals surface area (Å²) >= 11 is 0. The monoisotopic (exact) mass is 312 g/mol. The van der Waals surface area contributed by atoms with Crippen LogP contribution in [0.2, 0.25) is 0 Å². The molecule has 2 rings (SSSR count). The van der Waals surface area contributed by atoms with Crippen LogP contribution < -0.4 is 15.8 Å². The highest BCUT2D eigenvalue weighted by atomic mass is 32.2. The van der Waals surface area contributed by atoms with Gasteiger partial charge in [-0.05, 0) is 37.7 Å². The fourth-order valence-corrected chi connectivity index (χ4v) is 3.55. The first kappa shape index (κ1) is 16.1. The van der Waals surface area contributed by atoms with Gasteiger partial charge >= 0.3 is 0 Å². The Hall–Kier alpha value is -1.31. The van der Waals surface area contributed by atoms with Crippen LogP contribution in [0.15, 0.2) is 23.1 Å². The first-order chi connectivity index (χ1) is 9.86. The summed E-state index contributed by atoms with van der Waals surface area (Å²) < 4.78 is 22.7. The van der Waals surface area contributed by atoms with Gasteiger partial charge in [0, 0.05) is 19.1 Å². The zero-order valence-electron chi connectivity index (χ0n) is 12.6. The van der Waals surface area contributed by atoms with E-state index in [9.17, 15) is 8.42 Å². The lowest BCUT2D eigenvalue weighted by Crippen LogP contribution is -2.37. The molecular formula is C14H24N4O2S. The summed E-state index contributed by atoms with van der Waals surface area (Å²) in [4.78, 5) is 4.71. The Kier molecular flexibility index (Phi) is 4.75. The van der Waals surface area contributed by atoms with E-state index in [2.05, 4.69) is 23.6 Å². The molecule has 1 aromatic carbocycles. The number of hydrogen-bond donors (Lipinski definition) is 2. The molecule has 1 unspecified atom stereocenters. The minimum Gasteiger partial charge on any atom is -0.397 e. The number of sulfonamides is 1. The number of nitrogen functional groups attached to an aromatic ring is 1. The Labute approximate surface area is 126 Å². The molecule has 1 saturated heterocycles. The molecule has 0 radical (unpaired) electrons. The van der Waals surface area contributed by atoms with Crippen molar-refractivity contribution in [3.05, 3.63) is 18.2 Å². The first-order valence-electron chi connectivity index (χ1n) is 7.28. The normalized spacial score (nSPS) is 19.4. The molecule has 0 saturated carbocycles. The van der Waals surface area contributed by atoms with Crippen molar-refractivity contribution in [1.82, 2.24) is 4.90 Å². The number of rotatable bonds is 5. The predicted octanol–water partition coefficient (Wildman–Crippen LogP) is 0.837.